The van der Waals surface area contributed by atoms with Crippen molar-refractivity contribution in [2.75, 3.05) is 11.1 Å². The number of aliphatic imine (C=N–C) groups is 1. The third-order valence-electron chi connectivity index (χ3n) is 5.48. The molecule has 3 aromatic rings. The van der Waals surface area contributed by atoms with Crippen molar-refractivity contribution >= 4 is 50.0 Å². The Morgan fingerprint density at radius 1 is 1.11 bits per heavy atom. The summed E-state index contributed by atoms with van der Waals surface area (Å²) in [4.78, 5) is 42.6. The normalized spacial score (nSPS) is 11.5. The maximum Gasteiger partial charge on any atom is 0.333 e. The fourth-order valence-electron chi connectivity index (χ4n) is 3.50. The Morgan fingerprint density at radius 2 is 1.77 bits per heavy atom. The van der Waals surface area contributed by atoms with Crippen molar-refractivity contribution in [1.82, 2.24) is 9.13 Å². The SMILES string of the molecule is CCc1cc(Br)cc(C)c1NC(=O)CSC(=Nc1ccc(C)cc1)c1c(O)n(C)c(=O)n(C)c1=O. The number of carbonyl (C=O) groups excluding carboxylic acids is 1. The van der Waals surface area contributed by atoms with Gasteiger partial charge in [0.2, 0.25) is 11.8 Å². The molecule has 2 aromatic carbocycles. The topological polar surface area (TPSA) is 106 Å². The highest BCUT2D eigenvalue weighted by Gasteiger charge is 2.22. The monoisotopic (exact) mass is 558 g/mol. The average molecular weight is 559 g/mol. The van der Waals surface area contributed by atoms with Gasteiger partial charge >= 0.3 is 5.69 Å². The zero-order chi connectivity index (χ0) is 25.9. The molecule has 1 amide bonds. The summed E-state index contributed by atoms with van der Waals surface area (Å²) in [5.41, 5.74) is 2.76. The van der Waals surface area contributed by atoms with Crippen LogP contribution in [-0.2, 0) is 25.3 Å². The van der Waals surface area contributed by atoms with Crippen LogP contribution in [0.25, 0.3) is 0 Å². The molecule has 3 rings (SSSR count). The molecule has 0 bridgehead atoms. The lowest BCUT2D eigenvalue weighted by Gasteiger charge is -2.15. The second kappa shape index (κ2) is 11.1. The molecule has 0 radical (unpaired) electrons. The van der Waals surface area contributed by atoms with Crippen molar-refractivity contribution < 1.29 is 9.90 Å². The zero-order valence-electron chi connectivity index (χ0n) is 20.2. The molecule has 0 aliphatic heterocycles. The lowest BCUT2D eigenvalue weighted by Crippen LogP contribution is -2.39. The number of halogens is 1. The minimum atomic E-state index is -0.693. The number of aromatic hydroxyl groups is 1. The highest BCUT2D eigenvalue weighted by atomic mass is 79.9. The number of carbonyl (C=O) groups is 1. The number of nitrogens with zero attached hydrogens (tertiary/aromatic N) is 3. The van der Waals surface area contributed by atoms with Crippen molar-refractivity contribution in [1.29, 1.82) is 0 Å². The molecular formula is C25H27BrN4O4S. The summed E-state index contributed by atoms with van der Waals surface area (Å²) >= 11 is 4.50. The molecule has 0 fully saturated rings. The van der Waals surface area contributed by atoms with Gasteiger partial charge in [0.05, 0.1) is 11.4 Å². The van der Waals surface area contributed by atoms with Gasteiger partial charge in [0.25, 0.3) is 5.56 Å². The number of hydrogen-bond acceptors (Lipinski definition) is 6. The van der Waals surface area contributed by atoms with E-state index in [9.17, 15) is 19.5 Å². The number of anilines is 1. The van der Waals surface area contributed by atoms with Crippen LogP contribution >= 0.6 is 27.7 Å². The first-order chi connectivity index (χ1) is 16.5. The molecular weight excluding hydrogens is 532 g/mol. The summed E-state index contributed by atoms with van der Waals surface area (Å²) in [6.07, 6.45) is 0.741. The van der Waals surface area contributed by atoms with Gasteiger partial charge in [-0.15, -0.1) is 0 Å². The number of hydrogen-bond donors (Lipinski definition) is 2. The fourth-order valence-corrected chi connectivity index (χ4v) is 4.95. The second-order valence-electron chi connectivity index (χ2n) is 8.10. The van der Waals surface area contributed by atoms with Crippen LogP contribution in [0.1, 0.15) is 29.2 Å². The van der Waals surface area contributed by atoms with E-state index in [1.807, 2.05) is 45.0 Å². The predicted molar refractivity (Wildman–Crippen MR) is 145 cm³/mol. The summed E-state index contributed by atoms with van der Waals surface area (Å²) in [5, 5.41) is 13.8. The van der Waals surface area contributed by atoms with Gasteiger partial charge in [0.15, 0.2) is 0 Å². The molecule has 0 saturated carbocycles. The minimum absolute atomic E-state index is 0.0607. The molecule has 0 aliphatic rings. The van der Waals surface area contributed by atoms with Crippen molar-refractivity contribution in [2.45, 2.75) is 27.2 Å². The zero-order valence-corrected chi connectivity index (χ0v) is 22.6. The molecule has 0 spiro atoms. The van der Waals surface area contributed by atoms with Crippen molar-refractivity contribution in [3.8, 4) is 5.88 Å². The van der Waals surface area contributed by atoms with Gasteiger partial charge in [-0.2, -0.15) is 0 Å². The second-order valence-corrected chi connectivity index (χ2v) is 9.98. The Hall–Kier alpha value is -3.11. The number of aromatic nitrogens is 2. The van der Waals surface area contributed by atoms with Gasteiger partial charge < -0.3 is 10.4 Å². The first kappa shape index (κ1) is 26.5. The number of amides is 1. The summed E-state index contributed by atoms with van der Waals surface area (Å²) in [7, 11) is 2.70. The summed E-state index contributed by atoms with van der Waals surface area (Å²) in [6.45, 7) is 5.87. The van der Waals surface area contributed by atoms with E-state index in [1.54, 1.807) is 12.1 Å². The van der Waals surface area contributed by atoms with E-state index in [0.29, 0.717) is 5.69 Å². The Kier molecular flexibility index (Phi) is 8.39. The van der Waals surface area contributed by atoms with Crippen LogP contribution in [-0.4, -0.2) is 30.9 Å². The standard InChI is InChI=1S/C25H27BrN4O4S/c1-6-16-12-17(26)11-15(3)21(16)28-19(31)13-35-22(27-18-9-7-14(2)8-10-18)20-23(32)29(4)25(34)30(5)24(20)33/h7-12,32H,6,13H2,1-5H3,(H,28,31). The number of aryl methyl sites for hydroxylation is 3. The molecule has 184 valence electrons. The molecule has 1 aromatic heterocycles. The van der Waals surface area contributed by atoms with Gasteiger partial charge in [-0.3, -0.25) is 18.7 Å². The van der Waals surface area contributed by atoms with Crippen molar-refractivity contribution in [3.63, 3.8) is 0 Å². The Morgan fingerprint density at radius 3 is 2.40 bits per heavy atom. The molecule has 0 aliphatic carbocycles. The van der Waals surface area contributed by atoms with E-state index in [1.165, 1.54) is 14.1 Å². The van der Waals surface area contributed by atoms with Crippen LogP contribution < -0.4 is 16.6 Å². The lowest BCUT2D eigenvalue weighted by molar-refractivity contribution is -0.113. The summed E-state index contributed by atoms with van der Waals surface area (Å²) in [6, 6.07) is 11.2. The first-order valence-electron chi connectivity index (χ1n) is 10.9. The number of nitrogens with one attached hydrogen (secondary N) is 1. The third-order valence-corrected chi connectivity index (χ3v) is 6.91. The van der Waals surface area contributed by atoms with Crippen molar-refractivity contribution in [3.05, 3.63) is 84.0 Å². The van der Waals surface area contributed by atoms with Gasteiger partial charge in [0.1, 0.15) is 10.6 Å². The summed E-state index contributed by atoms with van der Waals surface area (Å²) in [5.74, 6) is -0.851. The summed E-state index contributed by atoms with van der Waals surface area (Å²) < 4.78 is 2.81. The molecule has 0 unspecified atom stereocenters. The molecule has 1 heterocycles. The smallest absolute Gasteiger partial charge is 0.333 e. The van der Waals surface area contributed by atoms with Crippen LogP contribution in [0.15, 0.2) is 55.5 Å². The van der Waals surface area contributed by atoms with Crippen LogP contribution in [0.2, 0.25) is 0 Å². The van der Waals surface area contributed by atoms with E-state index >= 15 is 0 Å². The van der Waals surface area contributed by atoms with E-state index < -0.39 is 17.1 Å². The quantitative estimate of drug-likeness (QED) is 0.348. The maximum atomic E-state index is 12.9. The third kappa shape index (κ3) is 5.94. The maximum absolute atomic E-state index is 12.9. The fraction of sp³-hybridized carbons (Fsp3) is 0.280. The Bertz CT molecular complexity index is 1430. The first-order valence-corrected chi connectivity index (χ1v) is 12.7. The molecule has 0 saturated heterocycles. The highest BCUT2D eigenvalue weighted by Crippen LogP contribution is 2.27. The van der Waals surface area contributed by atoms with Crippen LogP contribution in [0.4, 0.5) is 11.4 Å². The number of thioether (sulfide) groups is 1. The van der Waals surface area contributed by atoms with E-state index in [-0.39, 0.29) is 22.3 Å². The Balaban J connectivity index is 1.99. The largest absolute Gasteiger partial charge is 0.494 e. The lowest BCUT2D eigenvalue weighted by atomic mass is 10.1. The van der Waals surface area contributed by atoms with Gasteiger partial charge in [0, 0.05) is 24.3 Å². The van der Waals surface area contributed by atoms with E-state index in [4.69, 9.17) is 0 Å². The molecule has 0 atom stereocenters. The van der Waals surface area contributed by atoms with Gasteiger partial charge in [-0.05, 0) is 55.7 Å². The average Bonchev–Trinajstić information content (AvgIpc) is 2.82. The predicted octanol–water partition coefficient (Wildman–Crippen LogP) is 4.18. The van der Waals surface area contributed by atoms with E-state index in [0.717, 1.165) is 54.2 Å². The van der Waals surface area contributed by atoms with E-state index in [2.05, 4.69) is 26.2 Å². The molecule has 35 heavy (non-hydrogen) atoms. The Labute approximate surface area is 215 Å². The highest BCUT2D eigenvalue weighted by molar-refractivity contribution is 9.10. The minimum Gasteiger partial charge on any atom is -0.494 e. The van der Waals surface area contributed by atoms with Crippen LogP contribution in [0, 0.1) is 13.8 Å². The van der Waals surface area contributed by atoms with Gasteiger partial charge in [-0.1, -0.05) is 52.3 Å². The number of benzene rings is 2. The van der Waals surface area contributed by atoms with Crippen LogP contribution in [0.5, 0.6) is 5.88 Å². The molecule has 8 nitrogen and oxygen atoms in total. The van der Waals surface area contributed by atoms with Crippen molar-refractivity contribution in [2.24, 2.45) is 19.1 Å². The molecule has 10 heteroatoms. The molecule has 2 N–H and O–H groups in total. The van der Waals surface area contributed by atoms with Crippen LogP contribution in [0.3, 0.4) is 0 Å². The number of rotatable bonds is 6. The van der Waals surface area contributed by atoms with Gasteiger partial charge in [-0.25, -0.2) is 9.79 Å².